The van der Waals surface area contributed by atoms with E-state index in [1.807, 2.05) is 27.7 Å². The van der Waals surface area contributed by atoms with Crippen LogP contribution in [0.15, 0.2) is 18.1 Å². The molecule has 124 valence electrons. The summed E-state index contributed by atoms with van der Waals surface area (Å²) in [5.74, 6) is 0.966. The van der Waals surface area contributed by atoms with E-state index in [1.54, 1.807) is 12.1 Å². The van der Waals surface area contributed by atoms with Crippen molar-refractivity contribution in [3.63, 3.8) is 0 Å². The molecule has 1 N–H and O–H groups in total. The molecule has 1 aliphatic rings. The molecule has 0 spiro atoms. The molecule has 0 aromatic heterocycles. The van der Waals surface area contributed by atoms with E-state index in [2.05, 4.69) is 0 Å². The van der Waals surface area contributed by atoms with Crippen molar-refractivity contribution in [1.29, 1.82) is 0 Å². The summed E-state index contributed by atoms with van der Waals surface area (Å²) in [6.45, 7) is 7.84. The van der Waals surface area contributed by atoms with Crippen molar-refractivity contribution < 1.29 is 23.9 Å². The molecule has 23 heavy (non-hydrogen) atoms. The van der Waals surface area contributed by atoms with Gasteiger partial charge in [0.05, 0.1) is 28.9 Å². The Labute approximate surface area is 141 Å². The van der Waals surface area contributed by atoms with Crippen molar-refractivity contribution in [2.45, 2.75) is 38.9 Å². The highest BCUT2D eigenvalue weighted by atomic mass is 35.5. The third-order valence-corrected chi connectivity index (χ3v) is 4.64. The van der Waals surface area contributed by atoms with Crippen LogP contribution in [-0.2, 0) is 9.31 Å². The number of rotatable bonds is 4. The van der Waals surface area contributed by atoms with Gasteiger partial charge in [0.1, 0.15) is 5.75 Å². The van der Waals surface area contributed by atoms with Gasteiger partial charge < -0.3 is 19.2 Å². The lowest BCUT2D eigenvalue weighted by molar-refractivity contribution is 0.00578. The summed E-state index contributed by atoms with van der Waals surface area (Å²) in [7, 11) is 0.907. The lowest BCUT2D eigenvalue weighted by Crippen LogP contribution is -2.41. The fourth-order valence-corrected chi connectivity index (χ4v) is 2.41. The molecule has 5 nitrogen and oxygen atoms in total. The van der Waals surface area contributed by atoms with Crippen molar-refractivity contribution in [2.75, 3.05) is 7.11 Å². The predicted octanol–water partition coefficient (Wildman–Crippen LogP) is 3.69. The van der Waals surface area contributed by atoms with Gasteiger partial charge in [-0.05, 0) is 45.4 Å². The van der Waals surface area contributed by atoms with Crippen LogP contribution in [-0.4, -0.2) is 36.5 Å². The normalized spacial score (nSPS) is 19.3. The van der Waals surface area contributed by atoms with Crippen LogP contribution in [0.5, 0.6) is 5.75 Å². The number of carboxylic acid groups (broad SMARTS) is 1. The molecule has 7 heteroatoms. The van der Waals surface area contributed by atoms with E-state index in [4.69, 9.17) is 30.8 Å². The van der Waals surface area contributed by atoms with Crippen molar-refractivity contribution in [2.24, 2.45) is 0 Å². The van der Waals surface area contributed by atoms with Gasteiger partial charge in [-0.1, -0.05) is 23.7 Å². The monoisotopic (exact) mass is 338 g/mol. The lowest BCUT2D eigenvalue weighted by atomic mass is 9.89. The Kier molecular flexibility index (Phi) is 4.80. The second-order valence-corrected chi connectivity index (χ2v) is 6.75. The highest BCUT2D eigenvalue weighted by molar-refractivity contribution is 6.52. The second-order valence-electron chi connectivity index (χ2n) is 6.37. The maximum Gasteiger partial charge on any atom is 0.487 e. The van der Waals surface area contributed by atoms with Crippen molar-refractivity contribution in [3.8, 4) is 5.75 Å². The second kappa shape index (κ2) is 6.19. The zero-order valence-corrected chi connectivity index (χ0v) is 14.6. The van der Waals surface area contributed by atoms with E-state index in [0.717, 1.165) is 0 Å². The van der Waals surface area contributed by atoms with Gasteiger partial charge in [0, 0.05) is 0 Å². The largest absolute Gasteiger partial charge is 0.495 e. The predicted molar refractivity (Wildman–Crippen MR) is 90.1 cm³/mol. The van der Waals surface area contributed by atoms with Crippen LogP contribution in [0.1, 0.15) is 43.6 Å². The summed E-state index contributed by atoms with van der Waals surface area (Å²) in [4.78, 5) is 11.2. The molecule has 0 aliphatic carbocycles. The Hall–Kier alpha value is -1.50. The minimum Gasteiger partial charge on any atom is -0.495 e. The van der Waals surface area contributed by atoms with Crippen molar-refractivity contribution in [1.82, 2.24) is 0 Å². The topological polar surface area (TPSA) is 65.0 Å². The number of hydrogen-bond donors (Lipinski definition) is 1. The summed E-state index contributed by atoms with van der Waals surface area (Å²) in [6, 6.07) is 2.87. The van der Waals surface area contributed by atoms with Crippen LogP contribution in [0.2, 0.25) is 5.02 Å². The van der Waals surface area contributed by atoms with Crippen LogP contribution in [0.4, 0.5) is 0 Å². The lowest BCUT2D eigenvalue weighted by Gasteiger charge is -2.32. The Balaban J connectivity index is 2.30. The Morgan fingerprint density at radius 3 is 2.30 bits per heavy atom. The van der Waals surface area contributed by atoms with Gasteiger partial charge in [-0.25, -0.2) is 4.79 Å². The summed E-state index contributed by atoms with van der Waals surface area (Å²) in [5, 5.41) is 9.50. The number of carboxylic acids is 1. The third-order valence-electron chi connectivity index (χ3n) is 4.24. The first kappa shape index (κ1) is 17.9. The zero-order chi connectivity index (χ0) is 17.4. The number of benzene rings is 1. The van der Waals surface area contributed by atoms with Gasteiger partial charge in [0.15, 0.2) is 0 Å². The average Bonchev–Trinajstić information content (AvgIpc) is 2.65. The van der Waals surface area contributed by atoms with E-state index >= 15 is 0 Å². The van der Waals surface area contributed by atoms with E-state index in [-0.39, 0.29) is 5.56 Å². The molecule has 0 atom stereocenters. The molecule has 1 fully saturated rings. The van der Waals surface area contributed by atoms with Crippen LogP contribution < -0.4 is 4.74 Å². The summed E-state index contributed by atoms with van der Waals surface area (Å²) >= 11 is 6.23. The molecule has 1 aromatic carbocycles. The molecule has 1 aliphatic heterocycles. The number of halogens is 1. The number of ether oxygens (including phenoxy) is 1. The molecule has 0 unspecified atom stereocenters. The SMILES string of the molecule is COc1cc(C(=O)O)cc(/C=C/B2OC(C)(C)C(C)(C)O2)c1Cl. The molecule has 0 radical (unpaired) electrons. The molecule has 2 rings (SSSR count). The quantitative estimate of drug-likeness (QED) is 0.848. The first-order valence-electron chi connectivity index (χ1n) is 7.22. The average molecular weight is 339 g/mol. The summed E-state index contributed by atoms with van der Waals surface area (Å²) in [6.07, 6.45) is 1.68. The molecule has 1 heterocycles. The molecule has 0 saturated carbocycles. The molecule has 1 aromatic rings. The van der Waals surface area contributed by atoms with Crippen molar-refractivity contribution in [3.05, 3.63) is 34.3 Å². The number of hydrogen-bond acceptors (Lipinski definition) is 4. The third kappa shape index (κ3) is 3.55. The molecule has 0 bridgehead atoms. The standard InChI is InChI=1S/C16H20BClO5/c1-15(2)16(3,4)23-17(22-15)7-6-10-8-11(14(19)20)9-12(21-5)13(10)18/h6-9H,1-5H3,(H,19,20)/b7-6+. The smallest absolute Gasteiger partial charge is 0.487 e. The molecule has 1 saturated heterocycles. The number of carbonyl (C=O) groups is 1. The Morgan fingerprint density at radius 2 is 1.83 bits per heavy atom. The zero-order valence-electron chi connectivity index (χ0n) is 13.8. The summed E-state index contributed by atoms with van der Waals surface area (Å²) in [5.41, 5.74) is -0.253. The van der Waals surface area contributed by atoms with Gasteiger partial charge in [-0.3, -0.25) is 0 Å². The van der Waals surface area contributed by atoms with Gasteiger partial charge >= 0.3 is 13.1 Å². The minimum absolute atomic E-state index is 0.0971. The van der Waals surface area contributed by atoms with Crippen LogP contribution >= 0.6 is 11.6 Å². The molecular formula is C16H20BClO5. The van der Waals surface area contributed by atoms with Gasteiger partial charge in [-0.15, -0.1) is 0 Å². The Bertz CT molecular complexity index is 638. The van der Waals surface area contributed by atoms with Gasteiger partial charge in [-0.2, -0.15) is 0 Å². The van der Waals surface area contributed by atoms with E-state index < -0.39 is 24.3 Å². The van der Waals surface area contributed by atoms with E-state index in [9.17, 15) is 4.79 Å². The molecule has 0 amide bonds. The fraction of sp³-hybridized carbons (Fsp3) is 0.438. The highest BCUT2D eigenvalue weighted by Gasteiger charge is 2.50. The van der Waals surface area contributed by atoms with Crippen LogP contribution in [0.25, 0.3) is 6.08 Å². The maximum atomic E-state index is 11.2. The van der Waals surface area contributed by atoms with Gasteiger partial charge in [0.2, 0.25) is 0 Å². The number of methoxy groups -OCH3 is 1. The molecular weight excluding hydrogens is 318 g/mol. The first-order chi connectivity index (χ1) is 10.6. The van der Waals surface area contributed by atoms with Gasteiger partial charge in [0.25, 0.3) is 0 Å². The summed E-state index contributed by atoms with van der Waals surface area (Å²) < 4.78 is 16.8. The number of aromatic carboxylic acids is 1. The van der Waals surface area contributed by atoms with E-state index in [0.29, 0.717) is 16.3 Å². The first-order valence-corrected chi connectivity index (χ1v) is 7.60. The Morgan fingerprint density at radius 1 is 1.26 bits per heavy atom. The minimum atomic E-state index is -1.05. The van der Waals surface area contributed by atoms with Crippen molar-refractivity contribution >= 4 is 30.8 Å². The van der Waals surface area contributed by atoms with E-state index in [1.165, 1.54) is 19.2 Å². The van der Waals surface area contributed by atoms with Crippen LogP contribution in [0.3, 0.4) is 0 Å². The fourth-order valence-electron chi connectivity index (χ4n) is 2.16. The highest BCUT2D eigenvalue weighted by Crippen LogP contribution is 2.37. The maximum absolute atomic E-state index is 11.2. The van der Waals surface area contributed by atoms with Crippen LogP contribution in [0, 0.1) is 0 Å².